The van der Waals surface area contributed by atoms with E-state index in [1.807, 2.05) is 29.5 Å². The molecular formula is C45H27N3S. The molecule has 0 N–H and O–H groups in total. The molecule has 2 heterocycles. The third-order valence-electron chi connectivity index (χ3n) is 9.49. The van der Waals surface area contributed by atoms with Crippen LogP contribution in [0.25, 0.3) is 97.8 Å². The van der Waals surface area contributed by atoms with E-state index in [1.54, 1.807) is 0 Å². The Balaban J connectivity index is 1.26. The van der Waals surface area contributed by atoms with Crippen LogP contribution in [0.3, 0.4) is 0 Å². The van der Waals surface area contributed by atoms with Crippen molar-refractivity contribution in [2.24, 2.45) is 0 Å². The molecular weight excluding hydrogens is 615 g/mol. The van der Waals surface area contributed by atoms with Crippen molar-refractivity contribution in [3.8, 4) is 45.3 Å². The summed E-state index contributed by atoms with van der Waals surface area (Å²) in [6.07, 6.45) is 0. The van der Waals surface area contributed by atoms with E-state index >= 15 is 0 Å². The van der Waals surface area contributed by atoms with Crippen molar-refractivity contribution in [2.75, 3.05) is 0 Å². The van der Waals surface area contributed by atoms with Crippen molar-refractivity contribution >= 4 is 63.8 Å². The van der Waals surface area contributed by atoms with Crippen LogP contribution in [-0.4, -0.2) is 15.0 Å². The van der Waals surface area contributed by atoms with Crippen molar-refractivity contribution in [2.45, 2.75) is 0 Å². The first-order chi connectivity index (χ1) is 24.3. The molecule has 49 heavy (non-hydrogen) atoms. The van der Waals surface area contributed by atoms with Gasteiger partial charge in [-0.25, -0.2) is 15.0 Å². The smallest absolute Gasteiger partial charge is 0.164 e. The maximum Gasteiger partial charge on any atom is 0.164 e. The Kier molecular flexibility index (Phi) is 6.36. The van der Waals surface area contributed by atoms with Crippen molar-refractivity contribution < 1.29 is 0 Å². The number of rotatable bonds is 4. The normalized spacial score (nSPS) is 11.7. The fourth-order valence-electron chi connectivity index (χ4n) is 7.17. The van der Waals surface area contributed by atoms with E-state index in [4.69, 9.17) is 15.0 Å². The van der Waals surface area contributed by atoms with Gasteiger partial charge in [-0.3, -0.25) is 0 Å². The highest BCUT2D eigenvalue weighted by atomic mass is 32.1. The average Bonchev–Trinajstić information content (AvgIpc) is 3.57. The fraction of sp³-hybridized carbons (Fsp3) is 0. The van der Waals surface area contributed by atoms with Gasteiger partial charge in [0.05, 0.1) is 0 Å². The standard InChI is InChI=1S/C45H27N3S/c1-2-14-30(15-3-1)43-46-44(33-25-22-28-12-4-5-16-31(28)26-33)48-45(47-43)36-19-9-8-18-35(36)38-27-32-24-23-29-13-6-7-17-34(29)40(32)42-41(38)37-20-10-11-21-39(37)49-42/h1-27H. The molecule has 0 saturated carbocycles. The third kappa shape index (κ3) is 4.61. The van der Waals surface area contributed by atoms with Crippen LogP contribution in [0.2, 0.25) is 0 Å². The van der Waals surface area contributed by atoms with Gasteiger partial charge in [0.1, 0.15) is 0 Å². The Morgan fingerprint density at radius 1 is 0.347 bits per heavy atom. The van der Waals surface area contributed by atoms with Crippen molar-refractivity contribution in [3.63, 3.8) is 0 Å². The third-order valence-corrected chi connectivity index (χ3v) is 10.7. The minimum Gasteiger partial charge on any atom is -0.208 e. The van der Waals surface area contributed by atoms with Crippen LogP contribution in [0.5, 0.6) is 0 Å². The molecule has 0 fully saturated rings. The second-order valence-corrected chi connectivity index (χ2v) is 13.4. The summed E-state index contributed by atoms with van der Waals surface area (Å²) >= 11 is 1.88. The monoisotopic (exact) mass is 641 g/mol. The van der Waals surface area contributed by atoms with Crippen LogP contribution in [0.1, 0.15) is 0 Å². The summed E-state index contributed by atoms with van der Waals surface area (Å²) in [6, 6.07) is 57.9. The van der Waals surface area contributed by atoms with Crippen molar-refractivity contribution in [3.05, 3.63) is 164 Å². The lowest BCUT2D eigenvalue weighted by molar-refractivity contribution is 1.07. The first-order valence-corrected chi connectivity index (χ1v) is 17.3. The summed E-state index contributed by atoms with van der Waals surface area (Å²) in [5.41, 5.74) is 5.16. The van der Waals surface area contributed by atoms with Gasteiger partial charge in [0.2, 0.25) is 0 Å². The topological polar surface area (TPSA) is 38.7 Å². The highest BCUT2D eigenvalue weighted by molar-refractivity contribution is 7.27. The number of benzene rings is 8. The molecule has 0 atom stereocenters. The number of hydrogen-bond acceptors (Lipinski definition) is 4. The van der Waals surface area contributed by atoms with Gasteiger partial charge < -0.3 is 0 Å². The maximum absolute atomic E-state index is 5.21. The zero-order valence-corrected chi connectivity index (χ0v) is 27.2. The Morgan fingerprint density at radius 3 is 1.82 bits per heavy atom. The van der Waals surface area contributed by atoms with Gasteiger partial charge in [-0.1, -0.05) is 146 Å². The summed E-state index contributed by atoms with van der Waals surface area (Å²) in [5, 5.41) is 9.93. The summed E-state index contributed by atoms with van der Waals surface area (Å²) in [7, 11) is 0. The highest BCUT2D eigenvalue weighted by Gasteiger charge is 2.21. The average molecular weight is 642 g/mol. The summed E-state index contributed by atoms with van der Waals surface area (Å²) in [4.78, 5) is 15.4. The molecule has 10 rings (SSSR count). The van der Waals surface area contributed by atoms with Gasteiger partial charge >= 0.3 is 0 Å². The lowest BCUT2D eigenvalue weighted by Crippen LogP contribution is -2.01. The van der Waals surface area contributed by atoms with Crippen LogP contribution in [0.4, 0.5) is 0 Å². The summed E-state index contributed by atoms with van der Waals surface area (Å²) < 4.78 is 2.58. The molecule has 0 amide bonds. The molecule has 0 spiro atoms. The van der Waals surface area contributed by atoms with E-state index in [9.17, 15) is 0 Å². The molecule has 0 radical (unpaired) electrons. The number of fused-ring (bicyclic) bond motifs is 8. The van der Waals surface area contributed by atoms with Crippen molar-refractivity contribution in [1.29, 1.82) is 0 Å². The zero-order chi connectivity index (χ0) is 32.3. The molecule has 3 nitrogen and oxygen atoms in total. The van der Waals surface area contributed by atoms with Gasteiger partial charge in [-0.05, 0) is 56.3 Å². The lowest BCUT2D eigenvalue weighted by atomic mass is 9.91. The summed E-state index contributed by atoms with van der Waals surface area (Å²) in [5.74, 6) is 1.96. The Morgan fingerprint density at radius 2 is 0.959 bits per heavy atom. The van der Waals surface area contributed by atoms with E-state index in [2.05, 4.69) is 146 Å². The predicted octanol–water partition coefficient (Wildman–Crippen LogP) is 12.4. The largest absolute Gasteiger partial charge is 0.208 e. The molecule has 0 aliphatic heterocycles. The molecule has 0 unspecified atom stereocenters. The first kappa shape index (κ1) is 27.8. The zero-order valence-electron chi connectivity index (χ0n) is 26.3. The molecule has 0 saturated heterocycles. The molecule has 228 valence electrons. The van der Waals surface area contributed by atoms with Gasteiger partial charge in [-0.15, -0.1) is 11.3 Å². The van der Waals surface area contributed by atoms with Gasteiger partial charge in [-0.2, -0.15) is 0 Å². The molecule has 2 aromatic heterocycles. The van der Waals surface area contributed by atoms with Crippen LogP contribution in [0, 0.1) is 0 Å². The molecule has 4 heteroatoms. The maximum atomic E-state index is 5.21. The number of nitrogens with zero attached hydrogens (tertiary/aromatic N) is 3. The van der Waals surface area contributed by atoms with Crippen molar-refractivity contribution in [1.82, 2.24) is 15.0 Å². The predicted molar refractivity (Wildman–Crippen MR) is 207 cm³/mol. The summed E-state index contributed by atoms with van der Waals surface area (Å²) in [6.45, 7) is 0. The van der Waals surface area contributed by atoms with Crippen LogP contribution in [0.15, 0.2) is 164 Å². The minimum atomic E-state index is 0.652. The van der Waals surface area contributed by atoms with Crippen LogP contribution >= 0.6 is 11.3 Å². The first-order valence-electron chi connectivity index (χ1n) is 16.4. The van der Waals surface area contributed by atoms with E-state index in [0.717, 1.165) is 27.6 Å². The second-order valence-electron chi connectivity index (χ2n) is 12.4. The molecule has 10 aromatic rings. The number of aromatic nitrogens is 3. The fourth-order valence-corrected chi connectivity index (χ4v) is 8.47. The van der Waals surface area contributed by atoms with E-state index in [0.29, 0.717) is 17.5 Å². The van der Waals surface area contributed by atoms with E-state index < -0.39 is 0 Å². The quantitative estimate of drug-likeness (QED) is 0.180. The molecule has 0 aliphatic rings. The Hall–Kier alpha value is -6.23. The molecule has 8 aromatic carbocycles. The Bertz CT molecular complexity index is 2890. The van der Waals surface area contributed by atoms with Gasteiger partial charge in [0.25, 0.3) is 0 Å². The second kappa shape index (κ2) is 11.2. The minimum absolute atomic E-state index is 0.652. The van der Waals surface area contributed by atoms with Crippen LogP contribution < -0.4 is 0 Å². The van der Waals surface area contributed by atoms with Gasteiger partial charge in [0, 0.05) is 42.2 Å². The number of hydrogen-bond donors (Lipinski definition) is 0. The lowest BCUT2D eigenvalue weighted by Gasteiger charge is -2.15. The van der Waals surface area contributed by atoms with E-state index in [1.165, 1.54) is 52.7 Å². The molecule has 0 aliphatic carbocycles. The highest BCUT2D eigenvalue weighted by Crippen LogP contribution is 2.47. The number of thiophene rings is 1. The van der Waals surface area contributed by atoms with Crippen LogP contribution in [-0.2, 0) is 0 Å². The van der Waals surface area contributed by atoms with Gasteiger partial charge in [0.15, 0.2) is 17.5 Å². The van der Waals surface area contributed by atoms with E-state index in [-0.39, 0.29) is 0 Å². The Labute approximate surface area is 286 Å². The SMILES string of the molecule is c1ccc(-c2nc(-c3ccc4ccccc4c3)nc(-c3ccccc3-c3cc4ccc5ccccc5c4c4sc5ccccc5c34)n2)cc1. The molecule has 0 bridgehead atoms.